The highest BCUT2D eigenvalue weighted by Crippen LogP contribution is 2.42. The van der Waals surface area contributed by atoms with Crippen molar-refractivity contribution in [1.29, 1.82) is 0 Å². The summed E-state index contributed by atoms with van der Waals surface area (Å²) in [6.45, 7) is -0.519. The minimum Gasteiger partial charge on any atom is -0.477 e. The van der Waals surface area contributed by atoms with Crippen molar-refractivity contribution in [3.8, 4) is 0 Å². The van der Waals surface area contributed by atoms with Gasteiger partial charge in [0.2, 0.25) is 23.6 Å². The Labute approximate surface area is 752 Å². The van der Waals surface area contributed by atoms with E-state index in [1.165, 1.54) is 116 Å². The summed E-state index contributed by atoms with van der Waals surface area (Å²) in [5.74, 6) is -14.5. The summed E-state index contributed by atoms with van der Waals surface area (Å²) < 4.78 is 70.8. The standard InChI is InChI=1S/C86H152N4O39/c1-6-8-10-12-14-16-18-20-21-22-23-25-27-29-31-33-35-37-60(104)90-50(51(100)36-34-32-30-28-26-24-19-17-15-13-11-9-7-2)46-118-80-70(111)68(109)74(58(44-95)121-80)124-81-71(112)69(110)73(59(45-96)122-81)123-79-63(89-49(5)99)75(65(106)55(41-92)119-79)125-82-72(113)78(66(107)56(42-93)120-82)129-86(84(116)117)39-53(102)62(88-48(4)98)77(128-86)67(108)57(43-94)126-85(83(114)115)38-52(101)61(87-47(3)97)76(127-85)64(105)54(103)40-91/h34,36,50-59,61-82,91-96,100-103,105-113H,6-33,35,37-46H2,1-5H3,(H,87,97)(H,88,98)(H,89,99)(H,90,104)(H,114,115)(H,116,117)/b36-34+/t50-,51+,52?,53?,54+,55?,56?,57+,58?,59?,61+,62+,63?,64+,65-,66-,67+,68+,69+,70?,71?,72?,73-,74+,75+,76?,77?,78-,79-,80+,81-,82-,85+,86-/m0/s1. The van der Waals surface area contributed by atoms with Gasteiger partial charge in [-0.1, -0.05) is 193 Å². The van der Waals surface area contributed by atoms with E-state index in [0.29, 0.717) is 12.8 Å². The van der Waals surface area contributed by atoms with E-state index in [1.807, 2.05) is 6.08 Å². The highest BCUT2D eigenvalue weighted by Gasteiger charge is 2.64. The summed E-state index contributed by atoms with van der Waals surface area (Å²) in [5.41, 5.74) is 0. The smallest absolute Gasteiger partial charge is 0.364 e. The zero-order valence-electron chi connectivity index (χ0n) is 74.9. The number of unbranched alkanes of at least 4 members (excludes halogenated alkanes) is 27. The molecule has 25 N–H and O–H groups in total. The van der Waals surface area contributed by atoms with Crippen molar-refractivity contribution in [2.75, 3.05) is 46.2 Å². The van der Waals surface area contributed by atoms with Crippen LogP contribution in [0.25, 0.3) is 0 Å². The summed E-state index contributed by atoms with van der Waals surface area (Å²) in [4.78, 5) is 78.7. The molecular weight excluding hydrogens is 1710 g/mol. The first kappa shape index (κ1) is 113. The number of carbonyl (C=O) groups is 6. The number of rotatable bonds is 61. The van der Waals surface area contributed by atoms with Crippen LogP contribution in [0.1, 0.15) is 240 Å². The van der Waals surface area contributed by atoms with Crippen LogP contribution in [0.3, 0.4) is 0 Å². The van der Waals surface area contributed by atoms with E-state index in [4.69, 9.17) is 56.8 Å². The highest BCUT2D eigenvalue weighted by molar-refractivity contribution is 5.78. The van der Waals surface area contributed by atoms with Crippen LogP contribution in [0.5, 0.6) is 0 Å². The van der Waals surface area contributed by atoms with Gasteiger partial charge in [-0.25, -0.2) is 9.59 Å². The second kappa shape index (κ2) is 58.0. The van der Waals surface area contributed by atoms with Gasteiger partial charge in [0.25, 0.3) is 11.6 Å². The van der Waals surface area contributed by atoms with Crippen molar-refractivity contribution >= 4 is 35.6 Å². The third kappa shape index (κ3) is 33.6. The van der Waals surface area contributed by atoms with E-state index in [1.54, 1.807) is 6.08 Å². The molecule has 12 unspecified atom stereocenters. The van der Waals surface area contributed by atoms with Crippen LogP contribution in [0.2, 0.25) is 0 Å². The number of nitrogens with one attached hydrogen (secondary N) is 4. The average Bonchev–Trinajstić information content (AvgIpc) is 0.748. The van der Waals surface area contributed by atoms with Crippen LogP contribution in [0.4, 0.5) is 0 Å². The molecule has 43 heteroatoms. The molecule has 0 spiro atoms. The number of allylic oxidation sites excluding steroid dienone is 1. The number of carbonyl (C=O) groups excluding carboxylic acids is 4. The van der Waals surface area contributed by atoms with Gasteiger partial charge in [-0.2, -0.15) is 0 Å². The minimum absolute atomic E-state index is 0.151. The van der Waals surface area contributed by atoms with Gasteiger partial charge in [0.05, 0.1) is 82.7 Å². The molecule has 34 atom stereocenters. The summed E-state index contributed by atoms with van der Waals surface area (Å²) >= 11 is 0. The van der Waals surface area contributed by atoms with Gasteiger partial charge in [0.15, 0.2) is 25.2 Å². The molecule has 6 rings (SSSR count). The fourth-order valence-electron chi connectivity index (χ4n) is 17.3. The molecule has 0 aliphatic carbocycles. The van der Waals surface area contributed by atoms with Gasteiger partial charge in [0, 0.05) is 40.0 Å². The number of hydrogen-bond acceptors (Lipinski definition) is 37. The fourth-order valence-corrected chi connectivity index (χ4v) is 17.3. The highest BCUT2D eigenvalue weighted by atomic mass is 16.8. The summed E-state index contributed by atoms with van der Waals surface area (Å²) in [6, 6.07) is -6.84. The Morgan fingerprint density at radius 2 is 0.798 bits per heavy atom. The van der Waals surface area contributed by atoms with Crippen molar-refractivity contribution in [2.45, 2.75) is 447 Å². The first-order chi connectivity index (χ1) is 61.6. The minimum atomic E-state index is -3.52. The fraction of sp³-hybridized carbons (Fsp3) is 0.907. The Kier molecular flexibility index (Phi) is 50.9. The van der Waals surface area contributed by atoms with Crippen molar-refractivity contribution < 1.29 is 193 Å². The predicted octanol–water partition coefficient (Wildman–Crippen LogP) is -3.09. The lowest BCUT2D eigenvalue weighted by Crippen LogP contribution is -2.72. The lowest BCUT2D eigenvalue weighted by molar-refractivity contribution is -0.390. The van der Waals surface area contributed by atoms with Gasteiger partial charge >= 0.3 is 11.9 Å². The maximum atomic E-state index is 13.8. The van der Waals surface area contributed by atoms with Crippen molar-refractivity contribution in [1.82, 2.24) is 21.3 Å². The van der Waals surface area contributed by atoms with E-state index in [9.17, 15) is 136 Å². The second-order valence-electron chi connectivity index (χ2n) is 35.0. The molecule has 0 aromatic rings. The first-order valence-electron chi connectivity index (χ1n) is 46.2. The molecular formula is C86H152N4O39. The normalized spacial score (nSPS) is 34.8. The maximum Gasteiger partial charge on any atom is 0.364 e. The SMILES string of the molecule is CCCCCCCCCCCCC/C=C/[C@@H](O)[C@H](CO[C@@H]1OC(CO)[C@@H](O[C@@H]2OC(CO)[C@H](O[C@@H]3OC(CO)[C@H](O)[C@H](O[C@@H]4OC(CO)[C@H](O)[C@H](O[C@]5(C(=O)O)CC(O)[C@@H](NC(C)=O)C([C@H](O)[C@@H](CO)O[C@]6(C(=O)O)CC(O)[C@@H](NC(C)=O)C([C@H](O)[C@H](O)CO)O6)O5)C4O)C3NC(C)=O)[C@H](O)C2O)[C@H](O)C1O)NC(=O)CCCCCCCCCCCCCCCCCCC. The lowest BCUT2D eigenvalue weighted by Gasteiger charge is -2.52. The molecule has 43 nitrogen and oxygen atoms in total. The molecule has 6 aliphatic heterocycles. The predicted molar refractivity (Wildman–Crippen MR) is 449 cm³/mol. The number of ether oxygens (including phenoxy) is 12. The number of hydrogen-bond donors (Lipinski definition) is 25. The summed E-state index contributed by atoms with van der Waals surface area (Å²) in [6.07, 6.45) is -26.2. The zero-order valence-corrected chi connectivity index (χ0v) is 74.9. The number of carboxylic acid groups (broad SMARTS) is 2. The molecule has 0 saturated carbocycles. The Balaban J connectivity index is 1.14. The topological polar surface area (TPSA) is 686 Å². The molecule has 6 fully saturated rings. The Morgan fingerprint density at radius 1 is 0.419 bits per heavy atom. The second-order valence-corrected chi connectivity index (χ2v) is 35.0. The van der Waals surface area contributed by atoms with Gasteiger partial charge in [-0.15, -0.1) is 0 Å². The number of carboxylic acids is 2. The van der Waals surface area contributed by atoms with E-state index < -0.39 is 296 Å². The number of aliphatic hydroxyl groups is 19. The van der Waals surface area contributed by atoms with E-state index >= 15 is 0 Å². The van der Waals surface area contributed by atoms with Crippen molar-refractivity contribution in [2.24, 2.45) is 0 Å². The van der Waals surface area contributed by atoms with E-state index in [0.717, 1.165) is 78.6 Å². The Bertz CT molecular complexity index is 3240. The largest absolute Gasteiger partial charge is 0.477 e. The van der Waals surface area contributed by atoms with Crippen LogP contribution in [-0.4, -0.2) is 396 Å². The van der Waals surface area contributed by atoms with Crippen LogP contribution in [0.15, 0.2) is 12.2 Å². The molecule has 0 aromatic carbocycles. The maximum absolute atomic E-state index is 13.8. The van der Waals surface area contributed by atoms with Crippen LogP contribution < -0.4 is 21.3 Å². The number of amides is 4. The zero-order chi connectivity index (χ0) is 95.2. The van der Waals surface area contributed by atoms with Crippen molar-refractivity contribution in [3.63, 3.8) is 0 Å². The Hall–Kier alpha value is -4.68. The van der Waals surface area contributed by atoms with Crippen LogP contribution in [-0.2, 0) is 85.6 Å². The molecule has 129 heavy (non-hydrogen) atoms. The monoisotopic (exact) mass is 1870 g/mol. The van der Waals surface area contributed by atoms with Crippen LogP contribution in [0, 0.1) is 0 Å². The van der Waals surface area contributed by atoms with Crippen molar-refractivity contribution in [3.05, 3.63) is 12.2 Å². The third-order valence-electron chi connectivity index (χ3n) is 24.6. The average molecular weight is 1870 g/mol. The molecule has 4 amide bonds. The molecule has 750 valence electrons. The molecule has 6 saturated heterocycles. The third-order valence-corrected chi connectivity index (χ3v) is 24.6. The van der Waals surface area contributed by atoms with Crippen LogP contribution >= 0.6 is 0 Å². The van der Waals surface area contributed by atoms with Gasteiger partial charge in [0.1, 0.15) is 134 Å². The van der Waals surface area contributed by atoms with Gasteiger partial charge in [-0.05, 0) is 19.3 Å². The van der Waals surface area contributed by atoms with E-state index in [-0.39, 0.29) is 12.3 Å². The first-order valence-corrected chi connectivity index (χ1v) is 46.2. The van der Waals surface area contributed by atoms with Gasteiger partial charge in [-0.3, -0.25) is 19.2 Å². The lowest BCUT2D eigenvalue weighted by atomic mass is 9.87. The Morgan fingerprint density at radius 3 is 1.25 bits per heavy atom. The number of aliphatic hydroxyl groups excluding tert-OH is 19. The molecule has 0 bridgehead atoms. The quantitative estimate of drug-likeness (QED) is 0.0212. The molecule has 0 aromatic heterocycles. The van der Waals surface area contributed by atoms with Gasteiger partial charge < -0.3 is 185 Å². The summed E-state index contributed by atoms with van der Waals surface area (Å²) in [5, 5.41) is 246. The molecule has 6 aliphatic rings. The van der Waals surface area contributed by atoms with E-state index in [2.05, 4.69) is 35.1 Å². The number of aliphatic carboxylic acids is 2. The molecule has 0 radical (unpaired) electrons. The summed E-state index contributed by atoms with van der Waals surface area (Å²) in [7, 11) is 0. The molecule has 6 heterocycles.